The van der Waals surface area contributed by atoms with Crippen LogP contribution >= 0.6 is 0 Å². The Morgan fingerprint density at radius 3 is 2.00 bits per heavy atom. The minimum Gasteiger partial charge on any atom is -0.444 e. The molecule has 0 fully saturated rings. The third-order valence-corrected chi connectivity index (χ3v) is 9.74. The lowest BCUT2D eigenvalue weighted by Crippen LogP contribution is -2.50. The zero-order chi connectivity index (χ0) is 28.7. The van der Waals surface area contributed by atoms with E-state index in [4.69, 9.17) is 14.2 Å². The second kappa shape index (κ2) is 13.5. The van der Waals surface area contributed by atoms with Crippen LogP contribution in [0, 0.1) is 0 Å². The second-order valence-electron chi connectivity index (χ2n) is 13.9. The van der Waals surface area contributed by atoms with E-state index in [9.17, 15) is 4.79 Å². The van der Waals surface area contributed by atoms with Gasteiger partial charge in [0.2, 0.25) is 0 Å². The molecule has 0 aromatic heterocycles. The quantitative estimate of drug-likeness (QED) is 0.157. The summed E-state index contributed by atoms with van der Waals surface area (Å²) in [5.74, 6) is 0. The molecule has 0 saturated carbocycles. The maximum atomic E-state index is 12.9. The molecule has 216 valence electrons. The highest BCUT2D eigenvalue weighted by Crippen LogP contribution is 2.31. The highest BCUT2D eigenvalue weighted by molar-refractivity contribution is 6.76. The Labute approximate surface area is 229 Å². The summed E-state index contributed by atoms with van der Waals surface area (Å²) in [6, 6.07) is 2.22. The average molecular weight is 557 g/mol. The third kappa shape index (κ3) is 12.3. The standard InChI is InChI=1S/C27H56N4O4Si2/c1-22(29-20-33-14-16-36(8,9)10)27(5,6)31(21-34-15-17-37(11,12)13)24-19-30(18-23(24)28-7)25(32)35-26(2,3)4/h28-29H,1,14-21H2,2-13H3. The van der Waals surface area contributed by atoms with Gasteiger partial charge in [-0.2, -0.15) is 0 Å². The summed E-state index contributed by atoms with van der Waals surface area (Å²) in [4.78, 5) is 16.8. The topological polar surface area (TPSA) is 75.3 Å². The van der Waals surface area contributed by atoms with E-state index in [1.807, 2.05) is 27.8 Å². The van der Waals surface area contributed by atoms with Gasteiger partial charge < -0.3 is 29.7 Å². The number of likely N-dealkylation sites (N-methyl/N-ethyl adjacent to an activating group) is 1. The number of amides is 1. The van der Waals surface area contributed by atoms with Crippen molar-refractivity contribution >= 4 is 22.2 Å². The number of carbonyl (C=O) groups is 1. The first-order chi connectivity index (χ1) is 16.8. The van der Waals surface area contributed by atoms with E-state index < -0.39 is 27.3 Å². The SMILES string of the molecule is C=C(NCOCC[Si](C)(C)C)C(C)(C)N(COCC[Si](C)(C)C)C1=C(NC)CN(C(=O)OC(C)(C)C)C1. The van der Waals surface area contributed by atoms with Crippen molar-refractivity contribution in [2.75, 3.05) is 46.8 Å². The van der Waals surface area contributed by atoms with E-state index in [1.54, 1.807) is 4.90 Å². The number of carbonyl (C=O) groups excluding carboxylic acids is 1. The summed E-state index contributed by atoms with van der Waals surface area (Å²) in [6.07, 6.45) is -0.319. The number of ether oxygens (including phenoxy) is 3. The van der Waals surface area contributed by atoms with Crippen LogP contribution < -0.4 is 10.6 Å². The largest absolute Gasteiger partial charge is 0.444 e. The van der Waals surface area contributed by atoms with Gasteiger partial charge in [0.1, 0.15) is 19.1 Å². The minimum atomic E-state index is -1.22. The molecule has 0 aromatic rings. The number of nitrogens with zero attached hydrogens (tertiary/aromatic N) is 2. The van der Waals surface area contributed by atoms with Crippen molar-refractivity contribution in [2.24, 2.45) is 0 Å². The number of nitrogens with one attached hydrogen (secondary N) is 2. The Morgan fingerprint density at radius 2 is 1.51 bits per heavy atom. The first-order valence-electron chi connectivity index (χ1n) is 13.5. The van der Waals surface area contributed by atoms with Crippen LogP contribution in [0.25, 0.3) is 0 Å². The van der Waals surface area contributed by atoms with Crippen LogP contribution in [-0.2, 0) is 14.2 Å². The smallest absolute Gasteiger partial charge is 0.410 e. The molecule has 0 bridgehead atoms. The van der Waals surface area contributed by atoms with Crippen LogP contribution in [0.5, 0.6) is 0 Å². The molecular formula is C27H56N4O4Si2. The van der Waals surface area contributed by atoms with Crippen molar-refractivity contribution < 1.29 is 19.0 Å². The first kappa shape index (κ1) is 33.5. The normalized spacial score (nSPS) is 15.2. The van der Waals surface area contributed by atoms with Gasteiger partial charge in [-0.3, -0.25) is 4.90 Å². The lowest BCUT2D eigenvalue weighted by molar-refractivity contribution is 0.00556. The van der Waals surface area contributed by atoms with Crippen LogP contribution in [0.3, 0.4) is 0 Å². The molecule has 8 nitrogen and oxygen atoms in total. The summed E-state index contributed by atoms with van der Waals surface area (Å²) in [6.45, 7) is 31.5. The Balaban J connectivity index is 3.04. The van der Waals surface area contributed by atoms with Crippen molar-refractivity contribution in [3.63, 3.8) is 0 Å². The number of hydrogen-bond donors (Lipinski definition) is 2. The van der Waals surface area contributed by atoms with Crippen LogP contribution in [0.4, 0.5) is 4.79 Å². The molecule has 37 heavy (non-hydrogen) atoms. The second-order valence-corrected chi connectivity index (χ2v) is 25.1. The van der Waals surface area contributed by atoms with Crippen molar-refractivity contribution in [3.05, 3.63) is 23.7 Å². The maximum Gasteiger partial charge on any atom is 0.410 e. The average Bonchev–Trinajstić information content (AvgIpc) is 3.14. The van der Waals surface area contributed by atoms with Crippen molar-refractivity contribution in [2.45, 2.75) is 97.1 Å². The molecule has 1 heterocycles. The molecule has 1 aliphatic rings. The van der Waals surface area contributed by atoms with E-state index in [-0.39, 0.29) is 6.09 Å². The molecule has 1 rings (SSSR count). The number of hydrogen-bond acceptors (Lipinski definition) is 7. The number of rotatable bonds is 15. The lowest BCUT2D eigenvalue weighted by Gasteiger charge is -2.43. The van der Waals surface area contributed by atoms with Gasteiger partial charge in [0.15, 0.2) is 0 Å². The van der Waals surface area contributed by atoms with E-state index in [0.717, 1.165) is 35.8 Å². The lowest BCUT2D eigenvalue weighted by atomic mass is 9.98. The maximum absolute atomic E-state index is 12.9. The predicted molar refractivity (Wildman–Crippen MR) is 160 cm³/mol. The Morgan fingerprint density at radius 1 is 0.973 bits per heavy atom. The monoisotopic (exact) mass is 556 g/mol. The fraction of sp³-hybridized carbons (Fsp3) is 0.815. The van der Waals surface area contributed by atoms with Crippen molar-refractivity contribution in [1.82, 2.24) is 20.4 Å². The van der Waals surface area contributed by atoms with Gasteiger partial charge in [-0.1, -0.05) is 45.9 Å². The molecule has 0 radical (unpaired) electrons. The Hall–Kier alpha value is -1.50. The van der Waals surface area contributed by atoms with Gasteiger partial charge in [0.05, 0.1) is 30.0 Å². The van der Waals surface area contributed by atoms with Gasteiger partial charge in [-0.25, -0.2) is 4.79 Å². The molecule has 10 heteroatoms. The molecule has 0 saturated heterocycles. The van der Waals surface area contributed by atoms with Crippen molar-refractivity contribution in [1.29, 1.82) is 0 Å². The van der Waals surface area contributed by atoms with Gasteiger partial charge in [0, 0.05) is 42.1 Å². The molecule has 0 atom stereocenters. The summed E-state index contributed by atoms with van der Waals surface area (Å²) >= 11 is 0. The molecule has 1 amide bonds. The van der Waals surface area contributed by atoms with Crippen LogP contribution in [-0.4, -0.2) is 90.0 Å². The van der Waals surface area contributed by atoms with Crippen molar-refractivity contribution in [3.8, 4) is 0 Å². The van der Waals surface area contributed by atoms with Gasteiger partial charge in [-0.05, 0) is 46.7 Å². The minimum absolute atomic E-state index is 0.319. The Bertz CT molecular complexity index is 796. The molecular weight excluding hydrogens is 500 g/mol. The van der Waals surface area contributed by atoms with E-state index >= 15 is 0 Å². The van der Waals surface area contributed by atoms with E-state index in [0.29, 0.717) is 33.2 Å². The zero-order valence-corrected chi connectivity index (χ0v) is 27.9. The molecule has 0 aliphatic carbocycles. The van der Waals surface area contributed by atoms with E-state index in [2.05, 4.69) is 75.2 Å². The van der Waals surface area contributed by atoms with E-state index in [1.165, 1.54) is 0 Å². The molecule has 2 N–H and O–H groups in total. The van der Waals surface area contributed by atoms with Crippen LogP contribution in [0.15, 0.2) is 23.7 Å². The molecule has 0 spiro atoms. The van der Waals surface area contributed by atoms with Gasteiger partial charge >= 0.3 is 6.09 Å². The summed E-state index contributed by atoms with van der Waals surface area (Å²) < 4.78 is 17.8. The summed E-state index contributed by atoms with van der Waals surface area (Å²) in [5.41, 5.74) is 1.78. The predicted octanol–water partition coefficient (Wildman–Crippen LogP) is 5.48. The van der Waals surface area contributed by atoms with Gasteiger partial charge in [-0.15, -0.1) is 0 Å². The molecule has 1 aliphatic heterocycles. The van der Waals surface area contributed by atoms with Crippen LogP contribution in [0.2, 0.25) is 51.4 Å². The third-order valence-electron chi connectivity index (χ3n) is 6.33. The molecule has 0 aromatic carbocycles. The zero-order valence-electron chi connectivity index (χ0n) is 25.9. The summed E-state index contributed by atoms with van der Waals surface area (Å²) in [7, 11) is -0.459. The van der Waals surface area contributed by atoms with Crippen LogP contribution in [0.1, 0.15) is 34.6 Å². The fourth-order valence-electron chi connectivity index (χ4n) is 3.62. The highest BCUT2D eigenvalue weighted by atomic mass is 28.3. The Kier molecular flexibility index (Phi) is 12.3. The summed E-state index contributed by atoms with van der Waals surface area (Å²) in [5, 5.41) is 6.70. The highest BCUT2D eigenvalue weighted by Gasteiger charge is 2.38. The van der Waals surface area contributed by atoms with Gasteiger partial charge in [0.25, 0.3) is 0 Å². The molecule has 0 unspecified atom stereocenters. The fourth-order valence-corrected chi connectivity index (χ4v) is 5.13. The first-order valence-corrected chi connectivity index (χ1v) is 20.9.